The third-order valence-electron chi connectivity index (χ3n) is 4.38. The minimum absolute atomic E-state index is 0.0463. The third kappa shape index (κ3) is 6.07. The maximum atomic E-state index is 12.7. The molecule has 0 aromatic heterocycles. The summed E-state index contributed by atoms with van der Waals surface area (Å²) in [7, 11) is -2.25. The van der Waals surface area contributed by atoms with Crippen LogP contribution in [0.25, 0.3) is 0 Å². The van der Waals surface area contributed by atoms with Gasteiger partial charge in [0.05, 0.1) is 11.5 Å². The molecule has 0 radical (unpaired) electrons. The van der Waals surface area contributed by atoms with Gasteiger partial charge in [-0.2, -0.15) is 0 Å². The molecule has 6 nitrogen and oxygen atoms in total. The monoisotopic (exact) mass is 404 g/mol. The fourth-order valence-electron chi connectivity index (χ4n) is 2.71. The molecular formula is C21H28N2O4S. The molecule has 1 amide bonds. The average molecular weight is 405 g/mol. The molecule has 0 saturated heterocycles. The van der Waals surface area contributed by atoms with E-state index in [0.717, 1.165) is 19.3 Å². The summed E-state index contributed by atoms with van der Waals surface area (Å²) in [5.41, 5.74) is 2.70. The summed E-state index contributed by atoms with van der Waals surface area (Å²) in [6, 6.07) is 11.9. The molecule has 0 aliphatic heterocycles. The van der Waals surface area contributed by atoms with Gasteiger partial charge in [0.1, 0.15) is 0 Å². The van der Waals surface area contributed by atoms with Crippen LogP contribution in [0.1, 0.15) is 41.3 Å². The van der Waals surface area contributed by atoms with E-state index < -0.39 is 10.0 Å². The fourth-order valence-corrected chi connectivity index (χ4v) is 3.79. The SMILES string of the molecule is CCCCc1ccc(NS(=O)(=O)c2ccc(C)c(C(=O)NCCOC)c2)cc1. The topological polar surface area (TPSA) is 84.5 Å². The van der Waals surface area contributed by atoms with E-state index in [1.54, 1.807) is 32.2 Å². The van der Waals surface area contributed by atoms with E-state index >= 15 is 0 Å². The summed E-state index contributed by atoms with van der Waals surface area (Å²) in [4.78, 5) is 12.4. The van der Waals surface area contributed by atoms with Crippen molar-refractivity contribution in [3.8, 4) is 0 Å². The number of unbranched alkanes of at least 4 members (excludes halogenated alkanes) is 1. The molecule has 7 heteroatoms. The fraction of sp³-hybridized carbons (Fsp3) is 0.381. The second-order valence-corrected chi connectivity index (χ2v) is 8.31. The zero-order valence-electron chi connectivity index (χ0n) is 16.6. The first-order valence-electron chi connectivity index (χ1n) is 9.37. The van der Waals surface area contributed by atoms with Crippen LogP contribution in [-0.2, 0) is 21.2 Å². The molecule has 0 atom stereocenters. The molecule has 0 fully saturated rings. The molecule has 2 rings (SSSR count). The van der Waals surface area contributed by atoms with Gasteiger partial charge in [-0.15, -0.1) is 0 Å². The molecule has 2 N–H and O–H groups in total. The van der Waals surface area contributed by atoms with Crippen LogP contribution in [0, 0.1) is 6.92 Å². The van der Waals surface area contributed by atoms with Crippen LogP contribution in [0.4, 0.5) is 5.69 Å². The Balaban J connectivity index is 2.16. The summed E-state index contributed by atoms with van der Waals surface area (Å²) in [6.07, 6.45) is 3.19. The molecule has 28 heavy (non-hydrogen) atoms. The highest BCUT2D eigenvalue weighted by atomic mass is 32.2. The van der Waals surface area contributed by atoms with Gasteiger partial charge >= 0.3 is 0 Å². The summed E-state index contributed by atoms with van der Waals surface area (Å²) >= 11 is 0. The Morgan fingerprint density at radius 1 is 1.11 bits per heavy atom. The van der Waals surface area contributed by atoms with Crippen LogP contribution in [0.15, 0.2) is 47.4 Å². The molecule has 0 aliphatic rings. The van der Waals surface area contributed by atoms with Crippen molar-refractivity contribution in [1.82, 2.24) is 5.32 Å². The van der Waals surface area contributed by atoms with Gasteiger partial charge in [-0.1, -0.05) is 31.5 Å². The minimum Gasteiger partial charge on any atom is -0.383 e. The van der Waals surface area contributed by atoms with Crippen LogP contribution < -0.4 is 10.0 Å². The molecular weight excluding hydrogens is 376 g/mol. The first-order valence-corrected chi connectivity index (χ1v) is 10.8. The van der Waals surface area contributed by atoms with Gasteiger partial charge in [0.2, 0.25) is 0 Å². The number of hydrogen-bond acceptors (Lipinski definition) is 4. The van der Waals surface area contributed by atoms with Crippen molar-refractivity contribution < 1.29 is 17.9 Å². The number of methoxy groups -OCH3 is 1. The predicted molar refractivity (Wildman–Crippen MR) is 111 cm³/mol. The largest absolute Gasteiger partial charge is 0.383 e. The number of aryl methyl sites for hydroxylation is 2. The maximum Gasteiger partial charge on any atom is 0.261 e. The Kier molecular flexibility index (Phi) is 8.02. The first kappa shape index (κ1) is 21.9. The quantitative estimate of drug-likeness (QED) is 0.594. The lowest BCUT2D eigenvalue weighted by Crippen LogP contribution is -2.28. The number of nitrogens with one attached hydrogen (secondary N) is 2. The van der Waals surface area contributed by atoms with Gasteiger partial charge in [-0.05, 0) is 55.2 Å². The lowest BCUT2D eigenvalue weighted by atomic mass is 10.1. The van der Waals surface area contributed by atoms with Crippen molar-refractivity contribution in [2.75, 3.05) is 25.0 Å². The van der Waals surface area contributed by atoms with Crippen molar-refractivity contribution in [2.45, 2.75) is 38.0 Å². The Bertz CT molecular complexity index is 893. The van der Waals surface area contributed by atoms with E-state index in [9.17, 15) is 13.2 Å². The van der Waals surface area contributed by atoms with Gasteiger partial charge in [0, 0.05) is 24.9 Å². The molecule has 2 aromatic carbocycles. The van der Waals surface area contributed by atoms with Gasteiger partial charge in [0.15, 0.2) is 0 Å². The van der Waals surface area contributed by atoms with Crippen molar-refractivity contribution >= 4 is 21.6 Å². The number of carbonyl (C=O) groups is 1. The van der Waals surface area contributed by atoms with E-state index in [1.807, 2.05) is 12.1 Å². The van der Waals surface area contributed by atoms with Crippen LogP contribution in [-0.4, -0.2) is 34.6 Å². The third-order valence-corrected chi connectivity index (χ3v) is 5.76. The average Bonchev–Trinajstić information content (AvgIpc) is 2.67. The van der Waals surface area contributed by atoms with Gasteiger partial charge in [0.25, 0.3) is 15.9 Å². The second-order valence-electron chi connectivity index (χ2n) is 6.63. The zero-order valence-corrected chi connectivity index (χ0v) is 17.4. The lowest BCUT2D eigenvalue weighted by molar-refractivity contribution is 0.0936. The second kappa shape index (κ2) is 10.2. The highest BCUT2D eigenvalue weighted by molar-refractivity contribution is 7.92. The molecule has 0 saturated carbocycles. The highest BCUT2D eigenvalue weighted by Gasteiger charge is 2.18. The summed E-state index contributed by atoms with van der Waals surface area (Å²) in [5, 5.41) is 2.71. The maximum absolute atomic E-state index is 12.7. The number of rotatable bonds is 10. The summed E-state index contributed by atoms with van der Waals surface area (Å²) in [6.45, 7) is 4.65. The molecule has 2 aromatic rings. The predicted octanol–water partition coefficient (Wildman–Crippen LogP) is 3.51. The normalized spacial score (nSPS) is 11.2. The molecule has 0 unspecified atom stereocenters. The molecule has 0 heterocycles. The molecule has 152 valence electrons. The molecule has 0 bridgehead atoms. The highest BCUT2D eigenvalue weighted by Crippen LogP contribution is 2.20. The van der Waals surface area contributed by atoms with Gasteiger partial charge in [-0.3, -0.25) is 9.52 Å². The zero-order chi connectivity index (χ0) is 20.6. The number of benzene rings is 2. The van der Waals surface area contributed by atoms with E-state index in [2.05, 4.69) is 17.0 Å². The van der Waals surface area contributed by atoms with Crippen molar-refractivity contribution in [1.29, 1.82) is 0 Å². The molecule has 0 spiro atoms. The van der Waals surface area contributed by atoms with E-state index in [1.165, 1.54) is 17.7 Å². The first-order chi connectivity index (χ1) is 13.4. The van der Waals surface area contributed by atoms with Crippen molar-refractivity contribution in [3.05, 3.63) is 59.2 Å². The van der Waals surface area contributed by atoms with Crippen molar-refractivity contribution in [3.63, 3.8) is 0 Å². The van der Waals surface area contributed by atoms with Crippen LogP contribution in [0.2, 0.25) is 0 Å². The number of carbonyl (C=O) groups excluding carboxylic acids is 1. The number of ether oxygens (including phenoxy) is 1. The van der Waals surface area contributed by atoms with E-state index in [4.69, 9.17) is 4.74 Å². The van der Waals surface area contributed by atoms with E-state index in [-0.39, 0.29) is 10.8 Å². The summed E-state index contributed by atoms with van der Waals surface area (Å²) < 4.78 is 33.0. The number of amides is 1. The minimum atomic E-state index is -3.80. The Morgan fingerprint density at radius 2 is 1.82 bits per heavy atom. The lowest BCUT2D eigenvalue weighted by Gasteiger charge is -2.12. The van der Waals surface area contributed by atoms with Crippen molar-refractivity contribution in [2.24, 2.45) is 0 Å². The number of sulfonamides is 1. The van der Waals surface area contributed by atoms with Gasteiger partial charge in [-0.25, -0.2) is 8.42 Å². The van der Waals surface area contributed by atoms with E-state index in [0.29, 0.717) is 30.0 Å². The van der Waals surface area contributed by atoms with Gasteiger partial charge < -0.3 is 10.1 Å². The Morgan fingerprint density at radius 3 is 2.46 bits per heavy atom. The smallest absolute Gasteiger partial charge is 0.261 e. The Hall–Kier alpha value is -2.38. The van der Waals surface area contributed by atoms with Crippen LogP contribution in [0.3, 0.4) is 0 Å². The standard InChI is InChI=1S/C21H28N2O4S/c1-4-5-6-17-8-10-18(11-9-17)23-28(25,26)19-12-7-16(2)20(15-19)21(24)22-13-14-27-3/h7-12,15,23H,4-6,13-14H2,1-3H3,(H,22,24). The Labute approximate surface area is 167 Å². The van der Waals surface area contributed by atoms with Crippen LogP contribution >= 0.6 is 0 Å². The number of hydrogen-bond donors (Lipinski definition) is 2. The summed E-state index contributed by atoms with van der Waals surface area (Å²) in [5.74, 6) is -0.327. The van der Waals surface area contributed by atoms with Crippen LogP contribution in [0.5, 0.6) is 0 Å². The number of anilines is 1. The molecule has 0 aliphatic carbocycles.